The van der Waals surface area contributed by atoms with E-state index in [0.29, 0.717) is 11.1 Å². The molecule has 0 fully saturated rings. The summed E-state index contributed by atoms with van der Waals surface area (Å²) in [6.07, 6.45) is 0. The van der Waals surface area contributed by atoms with E-state index < -0.39 is 33.8 Å². The fraction of sp³-hybridized carbons (Fsp3) is 0.333. The van der Waals surface area contributed by atoms with E-state index in [1.165, 1.54) is 6.07 Å². The zero-order valence-corrected chi connectivity index (χ0v) is 11.8. The van der Waals surface area contributed by atoms with E-state index in [-0.39, 0.29) is 0 Å². The van der Waals surface area contributed by atoms with E-state index in [2.05, 4.69) is 10.1 Å². The van der Waals surface area contributed by atoms with E-state index in [0.717, 1.165) is 7.11 Å². The molecule has 7 nitrogen and oxygen atoms in total. The number of hydrogen-bond donors (Lipinski definition) is 2. The molecule has 20 heavy (non-hydrogen) atoms. The number of amides is 1. The maximum Gasteiger partial charge on any atom is 0.329 e. The second-order valence-electron chi connectivity index (χ2n) is 4.11. The molecule has 0 saturated carbocycles. The fourth-order valence-electron chi connectivity index (χ4n) is 1.59. The number of hydrogen-bond acceptors (Lipinski definition) is 5. The van der Waals surface area contributed by atoms with E-state index in [1.54, 1.807) is 25.1 Å². The summed E-state index contributed by atoms with van der Waals surface area (Å²) < 4.78 is 34.9. The van der Waals surface area contributed by atoms with Crippen molar-refractivity contribution in [3.05, 3.63) is 35.4 Å². The van der Waals surface area contributed by atoms with Gasteiger partial charge in [0.15, 0.2) is 0 Å². The van der Waals surface area contributed by atoms with Crippen LogP contribution in [-0.4, -0.2) is 43.8 Å². The highest BCUT2D eigenvalue weighted by atomic mass is 32.2. The quantitative estimate of drug-likeness (QED) is 0.592. The summed E-state index contributed by atoms with van der Waals surface area (Å²) in [7, 11) is -3.38. The second-order valence-corrected chi connectivity index (χ2v) is 5.61. The molecule has 0 aliphatic heterocycles. The monoisotopic (exact) mass is 301 g/mol. The molecule has 0 aromatic heterocycles. The van der Waals surface area contributed by atoms with Crippen molar-refractivity contribution in [3.8, 4) is 0 Å². The first kappa shape index (κ1) is 16.1. The van der Waals surface area contributed by atoms with E-state index >= 15 is 0 Å². The van der Waals surface area contributed by atoms with Crippen LogP contribution in [0.1, 0.15) is 15.9 Å². The number of esters is 1. The summed E-state index contributed by atoms with van der Waals surface area (Å²) in [6.45, 7) is 1.70. The van der Waals surface area contributed by atoms with Gasteiger partial charge in [0, 0.05) is 5.56 Å². The van der Waals surface area contributed by atoms with Crippen molar-refractivity contribution in [1.82, 2.24) is 5.32 Å². The zero-order chi connectivity index (χ0) is 15.3. The van der Waals surface area contributed by atoms with Gasteiger partial charge in [-0.15, -0.1) is 0 Å². The van der Waals surface area contributed by atoms with Crippen LogP contribution in [0, 0.1) is 6.92 Å². The molecule has 0 aliphatic rings. The van der Waals surface area contributed by atoms with E-state index in [1.807, 2.05) is 0 Å². The van der Waals surface area contributed by atoms with Crippen LogP contribution in [0.4, 0.5) is 0 Å². The Bertz CT molecular complexity index is 610. The standard InChI is InChI=1S/C12H15NO6S/c1-8-5-3-4-6-9(8)11(14)13-10(12(15)19-2)7-20(16,17)18/h3-6,10H,7H2,1-2H3,(H,13,14)(H,16,17,18)/t10-/m0/s1. The molecular weight excluding hydrogens is 286 g/mol. The van der Waals surface area contributed by atoms with Gasteiger partial charge in [-0.05, 0) is 18.6 Å². The average Bonchev–Trinajstić information content (AvgIpc) is 2.35. The van der Waals surface area contributed by atoms with Crippen molar-refractivity contribution < 1.29 is 27.3 Å². The second kappa shape index (κ2) is 6.49. The van der Waals surface area contributed by atoms with Crippen molar-refractivity contribution in [1.29, 1.82) is 0 Å². The van der Waals surface area contributed by atoms with Crippen LogP contribution in [0.2, 0.25) is 0 Å². The Labute approximate surface area is 116 Å². The third-order valence-corrected chi connectivity index (χ3v) is 3.31. The van der Waals surface area contributed by atoms with Crippen LogP contribution >= 0.6 is 0 Å². The van der Waals surface area contributed by atoms with Crippen molar-refractivity contribution in [2.45, 2.75) is 13.0 Å². The minimum absolute atomic E-state index is 0.303. The molecule has 0 spiro atoms. The Kier molecular flexibility index (Phi) is 5.23. The molecule has 0 saturated heterocycles. The molecule has 1 atom stereocenters. The van der Waals surface area contributed by atoms with Gasteiger partial charge < -0.3 is 10.1 Å². The number of methoxy groups -OCH3 is 1. The maximum absolute atomic E-state index is 12.0. The molecule has 1 amide bonds. The molecule has 0 heterocycles. The fourth-order valence-corrected chi connectivity index (χ4v) is 2.23. The summed E-state index contributed by atoms with van der Waals surface area (Å²) >= 11 is 0. The SMILES string of the molecule is COC(=O)[C@H](CS(=O)(=O)O)NC(=O)c1ccccc1C. The average molecular weight is 301 g/mol. The third kappa shape index (κ3) is 4.63. The number of benzene rings is 1. The Balaban J connectivity index is 2.93. The minimum Gasteiger partial charge on any atom is -0.467 e. The van der Waals surface area contributed by atoms with Crippen LogP contribution in [0.3, 0.4) is 0 Å². The van der Waals surface area contributed by atoms with Crippen LogP contribution in [-0.2, 0) is 19.6 Å². The Morgan fingerprint density at radius 2 is 1.95 bits per heavy atom. The topological polar surface area (TPSA) is 110 Å². The van der Waals surface area contributed by atoms with Gasteiger partial charge in [0.2, 0.25) is 0 Å². The first-order valence-corrected chi connectivity index (χ1v) is 7.25. The largest absolute Gasteiger partial charge is 0.467 e. The molecule has 2 N–H and O–H groups in total. The molecule has 0 aliphatic carbocycles. The molecule has 0 bridgehead atoms. The number of carbonyl (C=O) groups is 2. The number of carbonyl (C=O) groups excluding carboxylic acids is 2. The summed E-state index contributed by atoms with van der Waals surface area (Å²) in [6, 6.07) is 5.14. The Morgan fingerprint density at radius 1 is 1.35 bits per heavy atom. The Hall–Kier alpha value is -1.93. The van der Waals surface area contributed by atoms with Crippen LogP contribution < -0.4 is 5.32 Å². The zero-order valence-electron chi connectivity index (χ0n) is 11.0. The minimum atomic E-state index is -4.43. The maximum atomic E-state index is 12.0. The van der Waals surface area contributed by atoms with Crippen molar-refractivity contribution in [2.75, 3.05) is 12.9 Å². The molecule has 0 unspecified atom stereocenters. The highest BCUT2D eigenvalue weighted by molar-refractivity contribution is 7.85. The first-order chi connectivity index (χ1) is 9.24. The lowest BCUT2D eigenvalue weighted by molar-refractivity contribution is -0.142. The molecule has 110 valence electrons. The van der Waals surface area contributed by atoms with Gasteiger partial charge in [0.1, 0.15) is 11.8 Å². The molecule has 8 heteroatoms. The summed E-state index contributed by atoms with van der Waals surface area (Å²) in [4.78, 5) is 23.4. The summed E-state index contributed by atoms with van der Waals surface area (Å²) in [5.41, 5.74) is 0.970. The van der Waals surface area contributed by atoms with Gasteiger partial charge in [-0.25, -0.2) is 4.79 Å². The lowest BCUT2D eigenvalue weighted by Gasteiger charge is -2.15. The predicted octanol–water partition coefficient (Wildman–Crippen LogP) is 0.154. The van der Waals surface area contributed by atoms with Crippen LogP contribution in [0.25, 0.3) is 0 Å². The number of nitrogens with one attached hydrogen (secondary N) is 1. The third-order valence-electron chi connectivity index (χ3n) is 2.56. The summed E-state index contributed by atoms with van der Waals surface area (Å²) in [5.74, 6) is -2.52. The normalized spacial score (nSPS) is 12.6. The van der Waals surface area contributed by atoms with Crippen molar-refractivity contribution in [2.24, 2.45) is 0 Å². The highest BCUT2D eigenvalue weighted by Gasteiger charge is 2.27. The van der Waals surface area contributed by atoms with Crippen molar-refractivity contribution >= 4 is 22.0 Å². The Morgan fingerprint density at radius 3 is 2.45 bits per heavy atom. The van der Waals surface area contributed by atoms with Gasteiger partial charge in [0.05, 0.1) is 7.11 Å². The van der Waals surface area contributed by atoms with Crippen LogP contribution in [0.15, 0.2) is 24.3 Å². The van der Waals surface area contributed by atoms with Crippen LogP contribution in [0.5, 0.6) is 0 Å². The van der Waals surface area contributed by atoms with Gasteiger partial charge in [-0.2, -0.15) is 8.42 Å². The van der Waals surface area contributed by atoms with Gasteiger partial charge in [-0.3, -0.25) is 9.35 Å². The van der Waals surface area contributed by atoms with E-state index in [4.69, 9.17) is 4.55 Å². The smallest absolute Gasteiger partial charge is 0.329 e. The highest BCUT2D eigenvalue weighted by Crippen LogP contribution is 2.07. The van der Waals surface area contributed by atoms with Gasteiger partial charge >= 0.3 is 5.97 Å². The number of ether oxygens (including phenoxy) is 1. The lowest BCUT2D eigenvalue weighted by Crippen LogP contribution is -2.46. The molecule has 1 rings (SSSR count). The number of rotatable bonds is 5. The molecule has 1 aromatic carbocycles. The molecule has 0 radical (unpaired) electrons. The predicted molar refractivity (Wildman–Crippen MR) is 70.9 cm³/mol. The molecule has 1 aromatic rings. The van der Waals surface area contributed by atoms with Gasteiger partial charge in [-0.1, -0.05) is 18.2 Å². The number of aryl methyl sites for hydroxylation is 1. The molecular formula is C12H15NO6S. The summed E-state index contributed by atoms with van der Waals surface area (Å²) in [5, 5.41) is 2.23. The van der Waals surface area contributed by atoms with Crippen molar-refractivity contribution in [3.63, 3.8) is 0 Å². The van der Waals surface area contributed by atoms with Gasteiger partial charge in [0.25, 0.3) is 16.0 Å². The lowest BCUT2D eigenvalue weighted by atomic mass is 10.1. The first-order valence-electron chi connectivity index (χ1n) is 5.64. The van der Waals surface area contributed by atoms with E-state index in [9.17, 15) is 18.0 Å².